The Morgan fingerprint density at radius 3 is 2.36 bits per heavy atom. The van der Waals surface area contributed by atoms with Crippen LogP contribution >= 0.6 is 23.4 Å². The van der Waals surface area contributed by atoms with Crippen molar-refractivity contribution in [3.05, 3.63) is 107 Å². The summed E-state index contributed by atoms with van der Waals surface area (Å²) in [4.78, 5) is 12.3. The minimum atomic E-state index is 0.0337. The Kier molecular flexibility index (Phi) is 8.17. The number of hydrogen-bond donors (Lipinski definition) is 1. The quantitative estimate of drug-likeness (QED) is 0.291. The van der Waals surface area contributed by atoms with Crippen molar-refractivity contribution in [2.45, 2.75) is 36.7 Å². The van der Waals surface area contributed by atoms with Crippen molar-refractivity contribution in [1.82, 2.24) is 20.1 Å². The van der Waals surface area contributed by atoms with Crippen LogP contribution in [0.1, 0.15) is 29.8 Å². The van der Waals surface area contributed by atoms with E-state index in [1.54, 1.807) is 11.8 Å². The van der Waals surface area contributed by atoms with E-state index in [-0.39, 0.29) is 5.91 Å². The highest BCUT2D eigenvalue weighted by atomic mass is 35.5. The largest absolute Gasteiger partial charge is 0.352 e. The van der Waals surface area contributed by atoms with Gasteiger partial charge >= 0.3 is 0 Å². The topological polar surface area (TPSA) is 59.8 Å². The van der Waals surface area contributed by atoms with Crippen LogP contribution in [0.5, 0.6) is 0 Å². The van der Waals surface area contributed by atoms with Gasteiger partial charge in [0.2, 0.25) is 5.91 Å². The summed E-state index contributed by atoms with van der Waals surface area (Å²) in [5.74, 6) is 1.65. The molecule has 0 radical (unpaired) electrons. The van der Waals surface area contributed by atoms with E-state index < -0.39 is 0 Å². The molecule has 1 N–H and O–H groups in total. The first kappa shape index (κ1) is 23.1. The summed E-state index contributed by atoms with van der Waals surface area (Å²) in [6.07, 6.45) is 1.76. The second-order valence-corrected chi connectivity index (χ2v) is 8.98. The first-order valence-corrected chi connectivity index (χ1v) is 12.2. The number of carbonyl (C=O) groups is 1. The van der Waals surface area contributed by atoms with E-state index in [4.69, 9.17) is 11.6 Å². The van der Waals surface area contributed by atoms with Crippen LogP contribution in [-0.2, 0) is 23.5 Å². The van der Waals surface area contributed by atoms with E-state index in [2.05, 4.69) is 27.6 Å². The lowest BCUT2D eigenvalue weighted by molar-refractivity contribution is -0.121. The molecule has 0 aliphatic carbocycles. The van der Waals surface area contributed by atoms with Crippen LogP contribution in [-0.4, -0.2) is 20.7 Å². The molecule has 1 heterocycles. The molecule has 0 atom stereocenters. The van der Waals surface area contributed by atoms with Crippen LogP contribution in [0.2, 0.25) is 5.02 Å². The van der Waals surface area contributed by atoms with E-state index in [1.165, 1.54) is 5.56 Å². The third-order valence-electron chi connectivity index (χ3n) is 5.11. The van der Waals surface area contributed by atoms with Gasteiger partial charge in [0.05, 0.1) is 5.69 Å². The fraction of sp³-hybridized carbons (Fsp3) is 0.192. The normalized spacial score (nSPS) is 10.8. The lowest BCUT2D eigenvalue weighted by Gasteiger charge is -2.11. The molecular weight excluding hydrogens is 452 g/mol. The highest BCUT2D eigenvalue weighted by Crippen LogP contribution is 2.27. The second kappa shape index (κ2) is 11.7. The fourth-order valence-electron chi connectivity index (χ4n) is 3.44. The van der Waals surface area contributed by atoms with Gasteiger partial charge in [-0.15, -0.1) is 10.2 Å². The SMILES string of the molecule is O=C(CCCc1nnc(SCc2ccccc2)n1-c1cccc(Cl)c1)NCc1ccccc1. The highest BCUT2D eigenvalue weighted by molar-refractivity contribution is 7.98. The van der Waals surface area contributed by atoms with Crippen molar-refractivity contribution in [3.63, 3.8) is 0 Å². The number of amides is 1. The number of halogens is 1. The average Bonchev–Trinajstić information content (AvgIpc) is 3.25. The lowest BCUT2D eigenvalue weighted by atomic mass is 10.2. The zero-order valence-corrected chi connectivity index (χ0v) is 19.7. The number of hydrogen-bond acceptors (Lipinski definition) is 4. The maximum atomic E-state index is 12.3. The van der Waals surface area contributed by atoms with Crippen molar-refractivity contribution >= 4 is 29.3 Å². The van der Waals surface area contributed by atoms with Crippen LogP contribution in [0, 0.1) is 0 Å². The molecule has 1 aromatic heterocycles. The third-order valence-corrected chi connectivity index (χ3v) is 6.35. The molecule has 0 unspecified atom stereocenters. The zero-order chi connectivity index (χ0) is 22.9. The summed E-state index contributed by atoms with van der Waals surface area (Å²) >= 11 is 7.89. The number of nitrogens with zero attached hydrogens (tertiary/aromatic N) is 3. The molecule has 0 spiro atoms. The average molecular weight is 477 g/mol. The number of thioether (sulfide) groups is 1. The number of aryl methyl sites for hydroxylation is 1. The van der Waals surface area contributed by atoms with Gasteiger partial charge in [0.25, 0.3) is 0 Å². The minimum absolute atomic E-state index is 0.0337. The molecule has 3 aromatic carbocycles. The number of carbonyl (C=O) groups excluding carboxylic acids is 1. The Labute approximate surface area is 203 Å². The molecule has 0 saturated heterocycles. The summed E-state index contributed by atoms with van der Waals surface area (Å²) in [6, 6.07) is 27.9. The standard InChI is InChI=1S/C26H25ClN4OS/c27-22-13-7-14-23(17-22)31-24(29-30-26(31)33-19-21-11-5-2-6-12-21)15-8-16-25(32)28-18-20-9-3-1-4-10-20/h1-7,9-14,17H,8,15-16,18-19H2,(H,28,32). The van der Waals surface area contributed by atoms with Gasteiger partial charge in [0.1, 0.15) is 5.82 Å². The van der Waals surface area contributed by atoms with Gasteiger partial charge in [0, 0.05) is 30.2 Å². The number of nitrogens with one attached hydrogen (secondary N) is 1. The highest BCUT2D eigenvalue weighted by Gasteiger charge is 2.15. The van der Waals surface area contributed by atoms with Crippen LogP contribution in [0.15, 0.2) is 90.1 Å². The van der Waals surface area contributed by atoms with Gasteiger partial charge in [-0.25, -0.2) is 0 Å². The van der Waals surface area contributed by atoms with Crippen LogP contribution in [0.3, 0.4) is 0 Å². The Morgan fingerprint density at radius 1 is 0.909 bits per heavy atom. The monoisotopic (exact) mass is 476 g/mol. The van der Waals surface area contributed by atoms with E-state index in [9.17, 15) is 4.79 Å². The lowest BCUT2D eigenvalue weighted by Crippen LogP contribution is -2.22. The van der Waals surface area contributed by atoms with E-state index >= 15 is 0 Å². The zero-order valence-electron chi connectivity index (χ0n) is 18.2. The molecule has 0 fully saturated rings. The molecule has 4 rings (SSSR count). The van der Waals surface area contributed by atoms with Crippen LogP contribution in [0.4, 0.5) is 0 Å². The summed E-state index contributed by atoms with van der Waals surface area (Å²) in [7, 11) is 0. The number of aromatic nitrogens is 3. The molecule has 168 valence electrons. The summed E-state index contributed by atoms with van der Waals surface area (Å²) < 4.78 is 2.04. The predicted octanol–water partition coefficient (Wildman–Crippen LogP) is 5.85. The number of benzene rings is 3. The molecular formula is C26H25ClN4OS. The molecule has 0 bridgehead atoms. The van der Waals surface area contributed by atoms with Gasteiger partial charge in [-0.3, -0.25) is 9.36 Å². The Bertz CT molecular complexity index is 1180. The third kappa shape index (κ3) is 6.70. The molecule has 5 nitrogen and oxygen atoms in total. The molecule has 4 aromatic rings. The van der Waals surface area contributed by atoms with Crippen molar-refractivity contribution in [2.24, 2.45) is 0 Å². The van der Waals surface area contributed by atoms with Gasteiger partial charge in [-0.1, -0.05) is 90.1 Å². The maximum Gasteiger partial charge on any atom is 0.220 e. The maximum absolute atomic E-state index is 12.3. The predicted molar refractivity (Wildman–Crippen MR) is 134 cm³/mol. The first-order valence-electron chi connectivity index (χ1n) is 10.9. The van der Waals surface area contributed by atoms with Crippen LogP contribution < -0.4 is 5.32 Å². The second-order valence-electron chi connectivity index (χ2n) is 7.60. The Morgan fingerprint density at radius 2 is 1.64 bits per heavy atom. The number of rotatable bonds is 10. The molecule has 7 heteroatoms. The van der Waals surface area contributed by atoms with Crippen molar-refractivity contribution < 1.29 is 4.79 Å². The van der Waals surface area contributed by atoms with Crippen LogP contribution in [0.25, 0.3) is 5.69 Å². The molecule has 0 aliphatic heterocycles. The van der Waals surface area contributed by atoms with Gasteiger partial charge < -0.3 is 5.32 Å². The van der Waals surface area contributed by atoms with E-state index in [0.29, 0.717) is 30.8 Å². The molecule has 1 amide bonds. The minimum Gasteiger partial charge on any atom is -0.352 e. The van der Waals surface area contributed by atoms with Crippen molar-refractivity contribution in [1.29, 1.82) is 0 Å². The van der Waals surface area contributed by atoms with Gasteiger partial charge in [-0.2, -0.15) is 0 Å². The summed E-state index contributed by atoms with van der Waals surface area (Å²) in [6.45, 7) is 0.540. The Balaban J connectivity index is 1.41. The molecule has 0 saturated carbocycles. The molecule has 0 aliphatic rings. The molecule has 33 heavy (non-hydrogen) atoms. The van der Waals surface area contributed by atoms with Crippen molar-refractivity contribution in [3.8, 4) is 5.69 Å². The van der Waals surface area contributed by atoms with E-state index in [0.717, 1.165) is 28.0 Å². The van der Waals surface area contributed by atoms with Gasteiger partial charge in [0.15, 0.2) is 5.16 Å². The smallest absolute Gasteiger partial charge is 0.220 e. The summed E-state index contributed by atoms with van der Waals surface area (Å²) in [5.41, 5.74) is 3.23. The van der Waals surface area contributed by atoms with Crippen molar-refractivity contribution in [2.75, 3.05) is 0 Å². The summed E-state index contributed by atoms with van der Waals surface area (Å²) in [5, 5.41) is 13.3. The Hall–Kier alpha value is -3.09. The van der Waals surface area contributed by atoms with Gasteiger partial charge in [-0.05, 0) is 35.7 Å². The first-order chi connectivity index (χ1) is 16.2. The van der Waals surface area contributed by atoms with E-state index in [1.807, 2.05) is 77.4 Å². The fourth-order valence-corrected chi connectivity index (χ4v) is 4.56.